The van der Waals surface area contributed by atoms with Gasteiger partial charge in [-0.05, 0) is 108 Å². The van der Waals surface area contributed by atoms with Gasteiger partial charge in [-0.3, -0.25) is 33.8 Å². The summed E-state index contributed by atoms with van der Waals surface area (Å²) in [5.41, 5.74) is 3.64. The molecule has 0 saturated heterocycles. The third-order valence-electron chi connectivity index (χ3n) is 8.36. The number of nitrogens with one attached hydrogen (secondary N) is 5. The van der Waals surface area contributed by atoms with Crippen LogP contribution in [-0.2, 0) is 28.8 Å². The molecule has 0 aliphatic heterocycles. The van der Waals surface area contributed by atoms with E-state index >= 15 is 0 Å². The first kappa shape index (κ1) is 49.1. The predicted molar refractivity (Wildman–Crippen MR) is 217 cm³/mol. The SMILES string of the molecule is CC(=O)CCC(=O)CNC(=O)C(CCCNc1nc(C)cc(C)n1)N(C)C.CC(=O)CCNC(=O)CCNC(=O)C(CCCNc1nc(C)cc(C)n1)N(C)C. The van der Waals surface area contributed by atoms with E-state index in [0.29, 0.717) is 50.8 Å². The average molecular weight is 784 g/mol. The summed E-state index contributed by atoms with van der Waals surface area (Å²) in [6, 6.07) is 3.22. The van der Waals surface area contributed by atoms with Crippen LogP contribution < -0.4 is 26.6 Å². The number of amides is 3. The largest absolute Gasteiger partial charge is 0.356 e. The van der Waals surface area contributed by atoms with E-state index in [9.17, 15) is 28.8 Å². The maximum Gasteiger partial charge on any atom is 0.237 e. The monoisotopic (exact) mass is 784 g/mol. The van der Waals surface area contributed by atoms with Crippen LogP contribution in [0.3, 0.4) is 0 Å². The molecule has 0 aliphatic rings. The minimum atomic E-state index is -0.326. The maximum atomic E-state index is 12.4. The zero-order chi connectivity index (χ0) is 42.2. The summed E-state index contributed by atoms with van der Waals surface area (Å²) < 4.78 is 0. The van der Waals surface area contributed by atoms with Crippen LogP contribution >= 0.6 is 0 Å². The summed E-state index contributed by atoms with van der Waals surface area (Å²) in [6.45, 7) is 12.5. The van der Waals surface area contributed by atoms with Crippen LogP contribution in [0.15, 0.2) is 12.1 Å². The Hall–Kier alpha value is -4.90. The first-order valence-corrected chi connectivity index (χ1v) is 19.2. The van der Waals surface area contributed by atoms with Crippen molar-refractivity contribution in [1.29, 1.82) is 0 Å². The fourth-order valence-electron chi connectivity index (χ4n) is 5.44. The Morgan fingerprint density at radius 3 is 1.38 bits per heavy atom. The van der Waals surface area contributed by atoms with Gasteiger partial charge in [0.15, 0.2) is 5.78 Å². The number of aryl methyl sites for hydroxylation is 4. The fourth-order valence-corrected chi connectivity index (χ4v) is 5.44. The Balaban J connectivity index is 0.000000561. The molecule has 0 bridgehead atoms. The minimum absolute atomic E-state index is 0.0267. The molecular weight excluding hydrogens is 718 g/mol. The molecule has 0 spiro atoms. The lowest BCUT2D eigenvalue weighted by molar-refractivity contribution is -0.129. The number of anilines is 2. The van der Waals surface area contributed by atoms with Gasteiger partial charge in [0.2, 0.25) is 29.6 Å². The van der Waals surface area contributed by atoms with Crippen LogP contribution in [0.1, 0.15) is 88.0 Å². The van der Waals surface area contributed by atoms with E-state index in [2.05, 4.69) is 46.5 Å². The van der Waals surface area contributed by atoms with Crippen molar-refractivity contribution in [2.45, 2.75) is 105 Å². The van der Waals surface area contributed by atoms with Crippen molar-refractivity contribution in [3.8, 4) is 0 Å². The number of likely N-dealkylation sites (N-methyl/N-ethyl adjacent to an activating group) is 2. The van der Waals surface area contributed by atoms with E-state index in [-0.39, 0.29) is 79.5 Å². The first-order valence-electron chi connectivity index (χ1n) is 19.2. The van der Waals surface area contributed by atoms with E-state index in [4.69, 9.17) is 0 Å². The number of Topliss-reactive ketones (excluding diaryl/α,β-unsaturated/α-hetero) is 3. The number of aromatic nitrogens is 4. The van der Waals surface area contributed by atoms with Gasteiger partial charge in [-0.15, -0.1) is 0 Å². The molecule has 56 heavy (non-hydrogen) atoms. The van der Waals surface area contributed by atoms with Gasteiger partial charge in [0, 0.05) is 74.6 Å². The Kier molecular flexibility index (Phi) is 23.5. The molecule has 2 unspecified atom stereocenters. The van der Waals surface area contributed by atoms with Crippen LogP contribution in [0.2, 0.25) is 0 Å². The summed E-state index contributed by atoms with van der Waals surface area (Å²) in [4.78, 5) is 91.0. The van der Waals surface area contributed by atoms with Gasteiger partial charge >= 0.3 is 0 Å². The molecule has 2 atom stereocenters. The molecule has 2 aromatic heterocycles. The van der Waals surface area contributed by atoms with Crippen LogP contribution in [0.25, 0.3) is 0 Å². The number of hydrogen-bond donors (Lipinski definition) is 5. The van der Waals surface area contributed by atoms with Gasteiger partial charge in [0.1, 0.15) is 11.6 Å². The van der Waals surface area contributed by atoms with Crippen LogP contribution in [0.5, 0.6) is 0 Å². The van der Waals surface area contributed by atoms with Crippen molar-refractivity contribution >= 4 is 47.0 Å². The highest BCUT2D eigenvalue weighted by Gasteiger charge is 2.22. The first-order chi connectivity index (χ1) is 26.4. The van der Waals surface area contributed by atoms with Gasteiger partial charge < -0.3 is 31.4 Å². The number of hydrogen-bond acceptors (Lipinski definition) is 14. The third-order valence-corrected chi connectivity index (χ3v) is 8.36. The van der Waals surface area contributed by atoms with Crippen molar-refractivity contribution in [2.75, 3.05) is 71.5 Å². The Labute approximate surface area is 332 Å². The molecule has 0 fully saturated rings. The lowest BCUT2D eigenvalue weighted by Crippen LogP contribution is -2.45. The molecule has 3 amide bonds. The lowest BCUT2D eigenvalue weighted by Gasteiger charge is -2.23. The second-order valence-electron chi connectivity index (χ2n) is 14.3. The smallest absolute Gasteiger partial charge is 0.237 e. The molecule has 2 rings (SSSR count). The molecule has 17 nitrogen and oxygen atoms in total. The van der Waals surface area contributed by atoms with E-state index in [1.807, 2.05) is 77.8 Å². The third kappa shape index (κ3) is 22.5. The molecule has 0 aliphatic carbocycles. The van der Waals surface area contributed by atoms with Crippen molar-refractivity contribution in [3.05, 3.63) is 34.9 Å². The van der Waals surface area contributed by atoms with Gasteiger partial charge in [-0.2, -0.15) is 0 Å². The van der Waals surface area contributed by atoms with Gasteiger partial charge in [0.25, 0.3) is 0 Å². The summed E-state index contributed by atoms with van der Waals surface area (Å²) in [5.74, 6) is 0.606. The van der Waals surface area contributed by atoms with Gasteiger partial charge in [0.05, 0.1) is 18.6 Å². The molecule has 0 saturated carbocycles. The highest BCUT2D eigenvalue weighted by atomic mass is 16.2. The molecule has 312 valence electrons. The van der Waals surface area contributed by atoms with Crippen molar-refractivity contribution in [2.24, 2.45) is 0 Å². The summed E-state index contributed by atoms with van der Waals surface area (Å²) in [6.07, 6.45) is 3.74. The molecule has 17 heteroatoms. The van der Waals surface area contributed by atoms with E-state index in [1.165, 1.54) is 13.8 Å². The van der Waals surface area contributed by atoms with Crippen molar-refractivity contribution in [3.63, 3.8) is 0 Å². The van der Waals surface area contributed by atoms with Crippen LogP contribution in [0, 0.1) is 27.7 Å². The Bertz CT molecular complexity index is 1540. The average Bonchev–Trinajstić information content (AvgIpc) is 3.08. The number of rotatable bonds is 25. The summed E-state index contributed by atoms with van der Waals surface area (Å²) in [7, 11) is 7.39. The zero-order valence-corrected chi connectivity index (χ0v) is 35.1. The highest BCUT2D eigenvalue weighted by molar-refractivity contribution is 5.90. The number of carbonyl (C=O) groups is 6. The van der Waals surface area contributed by atoms with Gasteiger partial charge in [-0.1, -0.05) is 0 Å². The molecule has 2 aromatic rings. The van der Waals surface area contributed by atoms with E-state index in [1.54, 1.807) is 0 Å². The number of nitrogens with zero attached hydrogens (tertiary/aromatic N) is 6. The van der Waals surface area contributed by atoms with Crippen LogP contribution in [-0.4, -0.2) is 138 Å². The summed E-state index contributed by atoms with van der Waals surface area (Å²) >= 11 is 0. The standard InChI is InChI=1S/C20H34N6O3.C19H31N5O3/c1-14-13-15(2)25-20(24-14)23-10-6-7-17(26(4)5)19(29)22-12-9-18(28)21-11-8-16(3)27;1-13-11-14(2)23-19(22-13)20-10-6-7-17(24(4)5)18(27)21-12-16(26)9-8-15(3)25/h13,17H,6-12H2,1-5H3,(H,21,28)(H,22,29)(H,23,24,25);11,17H,6-10,12H2,1-5H3,(H,21,27)(H,20,22,23). The Morgan fingerprint density at radius 1 is 0.554 bits per heavy atom. The predicted octanol–water partition coefficient (Wildman–Crippen LogP) is 2.09. The topological polar surface area (TPSA) is 221 Å². The highest BCUT2D eigenvalue weighted by Crippen LogP contribution is 2.09. The van der Waals surface area contributed by atoms with E-state index < -0.39 is 0 Å². The Morgan fingerprint density at radius 2 is 0.964 bits per heavy atom. The van der Waals surface area contributed by atoms with E-state index in [0.717, 1.165) is 35.6 Å². The summed E-state index contributed by atoms with van der Waals surface area (Å²) in [5, 5.41) is 14.5. The zero-order valence-electron chi connectivity index (χ0n) is 35.1. The number of ketones is 3. The quantitative estimate of drug-likeness (QED) is 0.0911. The maximum absolute atomic E-state index is 12.4. The van der Waals surface area contributed by atoms with Crippen molar-refractivity contribution in [1.82, 2.24) is 45.7 Å². The number of carbonyl (C=O) groups excluding carboxylic acids is 6. The molecule has 0 aromatic carbocycles. The molecule has 0 radical (unpaired) electrons. The van der Waals surface area contributed by atoms with Crippen LogP contribution in [0.4, 0.5) is 11.9 Å². The van der Waals surface area contributed by atoms with Gasteiger partial charge in [-0.25, -0.2) is 19.9 Å². The second-order valence-corrected chi connectivity index (χ2v) is 14.3. The van der Waals surface area contributed by atoms with Crippen molar-refractivity contribution < 1.29 is 28.8 Å². The normalized spacial score (nSPS) is 11.9. The fraction of sp³-hybridized carbons (Fsp3) is 0.641. The lowest BCUT2D eigenvalue weighted by atomic mass is 10.1. The minimum Gasteiger partial charge on any atom is -0.356 e. The molecule has 5 N–H and O–H groups in total. The molecule has 2 heterocycles. The second kappa shape index (κ2) is 26.8. The molecular formula is C39H65N11O6.